The first-order valence-electron chi connectivity index (χ1n) is 6.75. The van der Waals surface area contributed by atoms with Crippen molar-refractivity contribution in [1.82, 2.24) is 4.90 Å². The number of amides is 1. The van der Waals surface area contributed by atoms with Crippen molar-refractivity contribution in [3.8, 4) is 0 Å². The first-order chi connectivity index (χ1) is 8.29. The molecule has 1 aliphatic heterocycles. The molecule has 1 unspecified atom stereocenters. The Kier molecular flexibility index (Phi) is 5.29. The highest BCUT2D eigenvalue weighted by Gasteiger charge is 2.25. The van der Waals surface area contributed by atoms with Crippen molar-refractivity contribution in [3.63, 3.8) is 0 Å². The molecule has 0 radical (unpaired) electrons. The summed E-state index contributed by atoms with van der Waals surface area (Å²) in [5.41, 5.74) is 0. The molecule has 1 atom stereocenters. The zero-order valence-corrected chi connectivity index (χ0v) is 12.0. The van der Waals surface area contributed by atoms with Gasteiger partial charge in [-0.05, 0) is 18.8 Å². The van der Waals surface area contributed by atoms with Gasteiger partial charge in [-0.1, -0.05) is 35.2 Å². The summed E-state index contributed by atoms with van der Waals surface area (Å²) < 4.78 is 5.56. The SMILES string of the molecule is O=C(CC1CCCCC1)N1CCOC(CBr)C1. The Labute approximate surface area is 112 Å². The fourth-order valence-electron chi connectivity index (χ4n) is 2.81. The van der Waals surface area contributed by atoms with Gasteiger partial charge in [0.2, 0.25) is 5.91 Å². The maximum absolute atomic E-state index is 12.2. The summed E-state index contributed by atoms with van der Waals surface area (Å²) in [5, 5.41) is 0.820. The minimum atomic E-state index is 0.180. The summed E-state index contributed by atoms with van der Waals surface area (Å²) in [6.45, 7) is 2.22. The van der Waals surface area contributed by atoms with Gasteiger partial charge < -0.3 is 9.64 Å². The number of hydrogen-bond acceptors (Lipinski definition) is 2. The molecule has 2 aliphatic rings. The molecule has 0 N–H and O–H groups in total. The van der Waals surface area contributed by atoms with Gasteiger partial charge in [-0.25, -0.2) is 0 Å². The third-order valence-electron chi connectivity index (χ3n) is 3.85. The minimum absolute atomic E-state index is 0.180. The Bertz CT molecular complexity index is 254. The van der Waals surface area contributed by atoms with Gasteiger partial charge in [0.05, 0.1) is 12.7 Å². The number of ether oxygens (including phenoxy) is 1. The molecule has 98 valence electrons. The van der Waals surface area contributed by atoms with Crippen LogP contribution in [0.2, 0.25) is 0 Å². The van der Waals surface area contributed by atoms with Gasteiger partial charge in [-0.2, -0.15) is 0 Å². The lowest BCUT2D eigenvalue weighted by molar-refractivity contribution is -0.139. The van der Waals surface area contributed by atoms with Crippen LogP contribution in [0, 0.1) is 5.92 Å². The van der Waals surface area contributed by atoms with E-state index in [0.717, 1.165) is 24.8 Å². The van der Waals surface area contributed by atoms with E-state index >= 15 is 0 Å². The topological polar surface area (TPSA) is 29.5 Å². The van der Waals surface area contributed by atoms with Crippen LogP contribution in [-0.4, -0.2) is 41.9 Å². The third-order valence-corrected chi connectivity index (χ3v) is 4.57. The molecule has 2 fully saturated rings. The average molecular weight is 304 g/mol. The van der Waals surface area contributed by atoms with E-state index in [9.17, 15) is 4.79 Å². The van der Waals surface area contributed by atoms with Gasteiger partial charge in [0.1, 0.15) is 0 Å². The van der Waals surface area contributed by atoms with Crippen LogP contribution in [-0.2, 0) is 9.53 Å². The Morgan fingerprint density at radius 2 is 2.06 bits per heavy atom. The van der Waals surface area contributed by atoms with Crippen molar-refractivity contribution in [2.45, 2.75) is 44.6 Å². The molecule has 4 heteroatoms. The Hall–Kier alpha value is -0.0900. The summed E-state index contributed by atoms with van der Waals surface area (Å²) in [6.07, 6.45) is 7.41. The van der Waals surface area contributed by atoms with Crippen molar-refractivity contribution in [2.24, 2.45) is 5.92 Å². The molecule has 0 spiro atoms. The predicted octanol–water partition coefficient (Wildman–Crippen LogP) is 2.58. The number of rotatable bonds is 3. The molecule has 1 heterocycles. The molecule has 0 aromatic heterocycles. The predicted molar refractivity (Wildman–Crippen MR) is 71.3 cm³/mol. The lowest BCUT2D eigenvalue weighted by atomic mass is 9.86. The number of nitrogens with zero attached hydrogens (tertiary/aromatic N) is 1. The van der Waals surface area contributed by atoms with E-state index in [0.29, 0.717) is 18.4 Å². The zero-order chi connectivity index (χ0) is 12.1. The van der Waals surface area contributed by atoms with Crippen LogP contribution >= 0.6 is 15.9 Å². The fraction of sp³-hybridized carbons (Fsp3) is 0.923. The van der Waals surface area contributed by atoms with Crippen LogP contribution in [0.3, 0.4) is 0 Å². The van der Waals surface area contributed by atoms with E-state index in [1.165, 1.54) is 32.1 Å². The van der Waals surface area contributed by atoms with Crippen LogP contribution in [0.5, 0.6) is 0 Å². The number of carbonyl (C=O) groups is 1. The van der Waals surface area contributed by atoms with E-state index in [4.69, 9.17) is 4.74 Å². The van der Waals surface area contributed by atoms with Crippen LogP contribution in [0.25, 0.3) is 0 Å². The minimum Gasteiger partial charge on any atom is -0.374 e. The molecule has 2 rings (SSSR count). The Morgan fingerprint density at radius 3 is 2.76 bits per heavy atom. The highest BCUT2D eigenvalue weighted by atomic mass is 79.9. The van der Waals surface area contributed by atoms with E-state index in [-0.39, 0.29) is 6.10 Å². The summed E-state index contributed by atoms with van der Waals surface area (Å²) >= 11 is 3.42. The van der Waals surface area contributed by atoms with Crippen molar-refractivity contribution in [3.05, 3.63) is 0 Å². The third kappa shape index (κ3) is 3.95. The van der Waals surface area contributed by atoms with Crippen molar-refractivity contribution in [2.75, 3.05) is 25.0 Å². The molecule has 1 amide bonds. The van der Waals surface area contributed by atoms with Crippen molar-refractivity contribution < 1.29 is 9.53 Å². The van der Waals surface area contributed by atoms with Crippen molar-refractivity contribution in [1.29, 1.82) is 0 Å². The van der Waals surface area contributed by atoms with E-state index in [1.807, 2.05) is 4.90 Å². The number of halogens is 1. The van der Waals surface area contributed by atoms with Gasteiger partial charge in [-0.15, -0.1) is 0 Å². The second-order valence-corrected chi connectivity index (χ2v) is 5.84. The van der Waals surface area contributed by atoms with Crippen LogP contribution in [0.4, 0.5) is 0 Å². The molecular formula is C13H22BrNO2. The van der Waals surface area contributed by atoms with Crippen LogP contribution in [0.15, 0.2) is 0 Å². The smallest absolute Gasteiger partial charge is 0.223 e. The number of alkyl halides is 1. The second kappa shape index (κ2) is 6.74. The molecule has 1 aliphatic carbocycles. The zero-order valence-electron chi connectivity index (χ0n) is 10.4. The van der Waals surface area contributed by atoms with Gasteiger partial charge in [0.25, 0.3) is 0 Å². The highest BCUT2D eigenvalue weighted by Crippen LogP contribution is 2.27. The molecule has 1 saturated carbocycles. The maximum atomic E-state index is 12.2. The number of morpholine rings is 1. The normalized spacial score (nSPS) is 27.1. The van der Waals surface area contributed by atoms with Crippen LogP contribution < -0.4 is 0 Å². The average Bonchev–Trinajstić information content (AvgIpc) is 2.40. The molecule has 3 nitrogen and oxygen atoms in total. The van der Waals surface area contributed by atoms with Gasteiger partial charge in [0, 0.05) is 24.8 Å². The van der Waals surface area contributed by atoms with E-state index in [1.54, 1.807) is 0 Å². The Morgan fingerprint density at radius 1 is 1.29 bits per heavy atom. The molecular weight excluding hydrogens is 282 g/mol. The molecule has 0 aromatic rings. The first kappa shape index (κ1) is 13.3. The second-order valence-electron chi connectivity index (χ2n) is 5.20. The molecule has 0 aromatic carbocycles. The van der Waals surface area contributed by atoms with E-state index in [2.05, 4.69) is 15.9 Å². The maximum Gasteiger partial charge on any atom is 0.223 e. The molecule has 0 bridgehead atoms. The fourth-order valence-corrected chi connectivity index (χ4v) is 3.20. The number of carbonyl (C=O) groups excluding carboxylic acids is 1. The standard InChI is InChI=1S/C13H22BrNO2/c14-9-12-10-15(6-7-17-12)13(16)8-11-4-2-1-3-5-11/h11-12H,1-10H2. The summed E-state index contributed by atoms with van der Waals surface area (Å²) in [5.74, 6) is 0.979. The lowest BCUT2D eigenvalue weighted by Crippen LogP contribution is -2.46. The van der Waals surface area contributed by atoms with Crippen LogP contribution in [0.1, 0.15) is 38.5 Å². The quantitative estimate of drug-likeness (QED) is 0.750. The van der Waals surface area contributed by atoms with Crippen molar-refractivity contribution >= 4 is 21.8 Å². The molecule has 1 saturated heterocycles. The highest BCUT2D eigenvalue weighted by molar-refractivity contribution is 9.09. The summed E-state index contributed by atoms with van der Waals surface area (Å²) in [7, 11) is 0. The Balaban J connectivity index is 1.78. The van der Waals surface area contributed by atoms with Gasteiger partial charge >= 0.3 is 0 Å². The summed E-state index contributed by atoms with van der Waals surface area (Å²) in [4.78, 5) is 14.2. The van der Waals surface area contributed by atoms with Gasteiger partial charge in [0.15, 0.2) is 0 Å². The van der Waals surface area contributed by atoms with Gasteiger partial charge in [-0.3, -0.25) is 4.79 Å². The largest absolute Gasteiger partial charge is 0.374 e. The lowest BCUT2D eigenvalue weighted by Gasteiger charge is -2.33. The number of hydrogen-bond donors (Lipinski definition) is 0. The monoisotopic (exact) mass is 303 g/mol. The molecule has 17 heavy (non-hydrogen) atoms. The first-order valence-corrected chi connectivity index (χ1v) is 7.87. The summed E-state index contributed by atoms with van der Waals surface area (Å²) in [6, 6.07) is 0. The van der Waals surface area contributed by atoms with E-state index < -0.39 is 0 Å².